The minimum absolute atomic E-state index is 0.0925. The Labute approximate surface area is 97.6 Å². The van der Waals surface area contributed by atoms with Crippen LogP contribution in [0.15, 0.2) is 16.6 Å². The van der Waals surface area contributed by atoms with Crippen molar-refractivity contribution >= 4 is 15.9 Å². The van der Waals surface area contributed by atoms with Gasteiger partial charge in [0.05, 0.1) is 19.3 Å². The van der Waals surface area contributed by atoms with Gasteiger partial charge in [-0.2, -0.15) is 0 Å². The molecule has 0 amide bonds. The molecule has 0 radical (unpaired) electrons. The summed E-state index contributed by atoms with van der Waals surface area (Å²) in [5.74, 6) is 0.362. The number of ether oxygens (including phenoxy) is 1. The fourth-order valence-electron chi connectivity index (χ4n) is 1.79. The Kier molecular flexibility index (Phi) is 3.29. The van der Waals surface area contributed by atoms with E-state index in [-0.39, 0.29) is 6.04 Å². The molecule has 2 N–H and O–H groups in total. The van der Waals surface area contributed by atoms with Gasteiger partial charge in [-0.3, -0.25) is 0 Å². The smallest absolute Gasteiger partial charge is 0.123 e. The molecule has 15 heavy (non-hydrogen) atoms. The zero-order valence-corrected chi connectivity index (χ0v) is 10.2. The van der Waals surface area contributed by atoms with E-state index >= 15 is 0 Å². The van der Waals surface area contributed by atoms with Crippen molar-refractivity contribution in [3.05, 3.63) is 27.7 Å². The average Bonchev–Trinajstić information content (AvgIpc) is 2.24. The lowest BCUT2D eigenvalue weighted by Crippen LogP contribution is -2.34. The normalized spacial score (nSPS) is 21.6. The van der Waals surface area contributed by atoms with Gasteiger partial charge in [0.25, 0.3) is 0 Å². The molecule has 1 aromatic carbocycles. The predicted molar refractivity (Wildman–Crippen MR) is 62.1 cm³/mol. The van der Waals surface area contributed by atoms with Gasteiger partial charge in [0, 0.05) is 16.6 Å². The van der Waals surface area contributed by atoms with Gasteiger partial charge in [-0.1, -0.05) is 15.9 Å². The van der Waals surface area contributed by atoms with Crippen molar-refractivity contribution < 1.29 is 9.84 Å². The lowest BCUT2D eigenvalue weighted by atomic mass is 10.0. The number of phenolic OH excluding ortho intramolecular Hbond substituents is 1. The van der Waals surface area contributed by atoms with Crippen molar-refractivity contribution in [1.82, 2.24) is 5.32 Å². The molecule has 0 unspecified atom stereocenters. The van der Waals surface area contributed by atoms with Gasteiger partial charge >= 0.3 is 0 Å². The summed E-state index contributed by atoms with van der Waals surface area (Å²) in [6, 6.07) is 3.94. The van der Waals surface area contributed by atoms with Crippen molar-refractivity contribution in [1.29, 1.82) is 0 Å². The van der Waals surface area contributed by atoms with Crippen LogP contribution in [0, 0.1) is 6.92 Å². The monoisotopic (exact) mass is 271 g/mol. The van der Waals surface area contributed by atoms with Crippen LogP contribution < -0.4 is 5.32 Å². The number of aryl methyl sites for hydroxylation is 1. The SMILES string of the molecule is Cc1cc(Br)cc([C@@H]2COCCN2)c1O. The number of benzene rings is 1. The molecule has 0 spiro atoms. The minimum Gasteiger partial charge on any atom is -0.507 e. The molecule has 1 fully saturated rings. The average molecular weight is 272 g/mol. The first-order valence-corrected chi connectivity index (χ1v) is 5.78. The summed E-state index contributed by atoms with van der Waals surface area (Å²) in [5, 5.41) is 13.3. The Balaban J connectivity index is 2.33. The highest BCUT2D eigenvalue weighted by atomic mass is 79.9. The molecule has 3 nitrogen and oxygen atoms in total. The number of hydrogen-bond acceptors (Lipinski definition) is 3. The molecule has 0 aliphatic carbocycles. The Morgan fingerprint density at radius 3 is 3.00 bits per heavy atom. The highest BCUT2D eigenvalue weighted by Gasteiger charge is 2.19. The van der Waals surface area contributed by atoms with Gasteiger partial charge in [0.15, 0.2) is 0 Å². The second-order valence-corrected chi connectivity index (χ2v) is 4.66. The van der Waals surface area contributed by atoms with Gasteiger partial charge in [0.2, 0.25) is 0 Å². The second kappa shape index (κ2) is 4.51. The van der Waals surface area contributed by atoms with E-state index in [9.17, 15) is 5.11 Å². The molecule has 1 aromatic rings. The number of halogens is 1. The van der Waals surface area contributed by atoms with Gasteiger partial charge in [-0.25, -0.2) is 0 Å². The van der Waals surface area contributed by atoms with Crippen LogP contribution in [0.5, 0.6) is 5.75 Å². The largest absolute Gasteiger partial charge is 0.507 e. The van der Waals surface area contributed by atoms with Gasteiger partial charge in [0.1, 0.15) is 5.75 Å². The van der Waals surface area contributed by atoms with E-state index in [1.54, 1.807) is 0 Å². The van der Waals surface area contributed by atoms with Crippen LogP contribution in [0.2, 0.25) is 0 Å². The second-order valence-electron chi connectivity index (χ2n) is 3.74. The van der Waals surface area contributed by atoms with E-state index in [2.05, 4.69) is 21.2 Å². The molecule has 82 valence electrons. The summed E-state index contributed by atoms with van der Waals surface area (Å²) in [6.45, 7) is 4.08. The molecular weight excluding hydrogens is 258 g/mol. The zero-order valence-electron chi connectivity index (χ0n) is 8.59. The summed E-state index contributed by atoms with van der Waals surface area (Å²) >= 11 is 3.43. The molecule has 0 bridgehead atoms. The van der Waals surface area contributed by atoms with E-state index in [0.29, 0.717) is 12.4 Å². The molecule has 0 aromatic heterocycles. The van der Waals surface area contributed by atoms with E-state index in [0.717, 1.165) is 28.8 Å². The highest BCUT2D eigenvalue weighted by molar-refractivity contribution is 9.10. The maximum Gasteiger partial charge on any atom is 0.123 e. The Morgan fingerprint density at radius 2 is 2.33 bits per heavy atom. The van der Waals surface area contributed by atoms with Crippen LogP contribution in [0.1, 0.15) is 17.2 Å². The van der Waals surface area contributed by atoms with E-state index < -0.39 is 0 Å². The standard InChI is InChI=1S/C11H14BrNO2/c1-7-4-8(12)5-9(11(7)14)10-6-15-3-2-13-10/h4-5,10,13-14H,2-3,6H2,1H3/t10-/m0/s1. The third-order valence-corrected chi connectivity index (χ3v) is 3.05. The first kappa shape index (κ1) is 10.9. The van der Waals surface area contributed by atoms with E-state index in [1.807, 2.05) is 19.1 Å². The van der Waals surface area contributed by atoms with Gasteiger partial charge < -0.3 is 15.2 Å². The van der Waals surface area contributed by atoms with Crippen molar-refractivity contribution in [2.24, 2.45) is 0 Å². The molecule has 1 aliphatic heterocycles. The fourth-order valence-corrected chi connectivity index (χ4v) is 2.38. The summed E-state index contributed by atoms with van der Waals surface area (Å²) in [5.41, 5.74) is 1.79. The number of phenols is 1. The number of rotatable bonds is 1. The highest BCUT2D eigenvalue weighted by Crippen LogP contribution is 2.32. The van der Waals surface area contributed by atoms with Crippen molar-refractivity contribution in [2.75, 3.05) is 19.8 Å². The first-order valence-electron chi connectivity index (χ1n) is 4.98. The van der Waals surface area contributed by atoms with Crippen LogP contribution in [0.4, 0.5) is 0 Å². The number of hydrogen-bond donors (Lipinski definition) is 2. The Morgan fingerprint density at radius 1 is 1.53 bits per heavy atom. The summed E-state index contributed by atoms with van der Waals surface area (Å²) < 4.78 is 6.37. The van der Waals surface area contributed by atoms with Gasteiger partial charge in [-0.15, -0.1) is 0 Å². The molecule has 1 aliphatic rings. The van der Waals surface area contributed by atoms with Crippen LogP contribution in [0.25, 0.3) is 0 Å². The number of nitrogens with one attached hydrogen (secondary N) is 1. The maximum absolute atomic E-state index is 9.96. The van der Waals surface area contributed by atoms with Crippen LogP contribution in [0.3, 0.4) is 0 Å². The molecule has 1 heterocycles. The quantitative estimate of drug-likeness (QED) is 0.822. The maximum atomic E-state index is 9.96. The van der Waals surface area contributed by atoms with Gasteiger partial charge in [-0.05, 0) is 24.6 Å². The van der Waals surface area contributed by atoms with Crippen LogP contribution >= 0.6 is 15.9 Å². The first-order chi connectivity index (χ1) is 7.18. The molecule has 1 atom stereocenters. The fraction of sp³-hybridized carbons (Fsp3) is 0.455. The predicted octanol–water partition coefficient (Wildman–Crippen LogP) is 2.12. The zero-order chi connectivity index (χ0) is 10.8. The topological polar surface area (TPSA) is 41.5 Å². The third kappa shape index (κ3) is 2.33. The van der Waals surface area contributed by atoms with Crippen molar-refractivity contribution in [2.45, 2.75) is 13.0 Å². The molecule has 2 rings (SSSR count). The summed E-state index contributed by atoms with van der Waals surface area (Å²) in [7, 11) is 0. The minimum atomic E-state index is 0.0925. The number of morpholine rings is 1. The molecule has 1 saturated heterocycles. The van der Waals surface area contributed by atoms with Crippen LogP contribution in [-0.2, 0) is 4.74 Å². The lowest BCUT2D eigenvalue weighted by molar-refractivity contribution is 0.0760. The lowest BCUT2D eigenvalue weighted by Gasteiger charge is -2.25. The summed E-state index contributed by atoms with van der Waals surface area (Å²) in [4.78, 5) is 0. The third-order valence-electron chi connectivity index (χ3n) is 2.59. The van der Waals surface area contributed by atoms with Crippen molar-refractivity contribution in [3.63, 3.8) is 0 Å². The Bertz CT molecular complexity index is 362. The van der Waals surface area contributed by atoms with Crippen LogP contribution in [-0.4, -0.2) is 24.9 Å². The molecule has 0 saturated carbocycles. The molecular formula is C11H14BrNO2. The summed E-state index contributed by atoms with van der Waals surface area (Å²) in [6.07, 6.45) is 0. The van der Waals surface area contributed by atoms with E-state index in [1.165, 1.54) is 0 Å². The molecule has 4 heteroatoms. The Hall–Kier alpha value is -0.580. The number of aromatic hydroxyl groups is 1. The van der Waals surface area contributed by atoms with E-state index in [4.69, 9.17) is 4.74 Å². The van der Waals surface area contributed by atoms with Crippen molar-refractivity contribution in [3.8, 4) is 5.75 Å².